The van der Waals surface area contributed by atoms with Gasteiger partial charge in [-0.1, -0.05) is 39.3 Å². The number of anilines is 1. The second kappa shape index (κ2) is 3.46. The van der Waals surface area contributed by atoms with E-state index in [9.17, 15) is 0 Å². The molecule has 4 heteroatoms. The lowest BCUT2D eigenvalue weighted by Crippen LogP contribution is -1.85. The number of nitrogens with two attached hydrogens (primary N) is 1. The van der Waals surface area contributed by atoms with Crippen LogP contribution in [0.5, 0.6) is 0 Å². The van der Waals surface area contributed by atoms with E-state index in [1.165, 1.54) is 0 Å². The van der Waals surface area contributed by atoms with Crippen LogP contribution in [0.3, 0.4) is 0 Å². The highest BCUT2D eigenvalue weighted by molar-refractivity contribution is 9.10. The average molecular weight is 253 g/mol. The predicted molar refractivity (Wildman–Crippen MR) is 58.8 cm³/mol. The maximum atomic E-state index is 5.58. The molecule has 0 atom stereocenters. The van der Waals surface area contributed by atoms with Crippen LogP contribution < -0.4 is 5.73 Å². The van der Waals surface area contributed by atoms with Crippen LogP contribution in [0.4, 0.5) is 5.88 Å². The van der Waals surface area contributed by atoms with Gasteiger partial charge >= 0.3 is 0 Å². The van der Waals surface area contributed by atoms with E-state index >= 15 is 0 Å². The molecule has 2 aromatic rings. The van der Waals surface area contributed by atoms with Crippen molar-refractivity contribution >= 4 is 21.8 Å². The zero-order valence-corrected chi connectivity index (χ0v) is 9.21. The van der Waals surface area contributed by atoms with Crippen molar-refractivity contribution in [2.45, 2.75) is 6.92 Å². The lowest BCUT2D eigenvalue weighted by Gasteiger charge is -1.99. The lowest BCUT2D eigenvalue weighted by molar-refractivity contribution is 0.439. The Balaban J connectivity index is 2.60. The van der Waals surface area contributed by atoms with E-state index in [4.69, 9.17) is 10.3 Å². The molecule has 0 aliphatic carbocycles. The van der Waals surface area contributed by atoms with E-state index in [1.807, 2.05) is 31.2 Å². The van der Waals surface area contributed by atoms with Gasteiger partial charge in [-0.05, 0) is 13.0 Å². The highest BCUT2D eigenvalue weighted by Gasteiger charge is 2.12. The summed E-state index contributed by atoms with van der Waals surface area (Å²) in [7, 11) is 0. The van der Waals surface area contributed by atoms with Crippen molar-refractivity contribution in [3.63, 3.8) is 0 Å². The highest BCUT2D eigenvalue weighted by Crippen LogP contribution is 2.31. The molecule has 0 aliphatic rings. The normalized spacial score (nSPS) is 10.4. The molecule has 0 saturated heterocycles. The van der Waals surface area contributed by atoms with Gasteiger partial charge in [0.05, 0.1) is 0 Å². The van der Waals surface area contributed by atoms with Crippen LogP contribution in [0.15, 0.2) is 33.3 Å². The first-order valence-electron chi connectivity index (χ1n) is 4.17. The number of aromatic nitrogens is 1. The van der Waals surface area contributed by atoms with Gasteiger partial charge in [0.1, 0.15) is 5.69 Å². The topological polar surface area (TPSA) is 52.0 Å². The third kappa shape index (κ3) is 1.42. The number of hydrogen-bond acceptors (Lipinski definition) is 3. The summed E-state index contributed by atoms with van der Waals surface area (Å²) < 4.78 is 5.89. The highest BCUT2D eigenvalue weighted by atomic mass is 79.9. The molecule has 14 heavy (non-hydrogen) atoms. The Bertz CT molecular complexity index is 465. The quantitative estimate of drug-likeness (QED) is 0.849. The van der Waals surface area contributed by atoms with E-state index in [2.05, 4.69) is 21.1 Å². The molecule has 0 bridgehead atoms. The number of hydrogen-bond donors (Lipinski definition) is 1. The first kappa shape index (κ1) is 9.27. The number of nitrogens with zero attached hydrogens (tertiary/aromatic N) is 1. The fourth-order valence-electron chi connectivity index (χ4n) is 1.25. The summed E-state index contributed by atoms with van der Waals surface area (Å²) in [5.41, 5.74) is 8.23. The number of nitrogen functional groups attached to an aromatic ring is 1. The van der Waals surface area contributed by atoms with Gasteiger partial charge in [0.25, 0.3) is 0 Å². The van der Waals surface area contributed by atoms with Gasteiger partial charge in [-0.3, -0.25) is 0 Å². The molecule has 0 unspecified atom stereocenters. The predicted octanol–water partition coefficient (Wildman–Crippen LogP) is 2.99. The van der Waals surface area contributed by atoms with E-state index < -0.39 is 0 Å². The van der Waals surface area contributed by atoms with E-state index in [0.29, 0.717) is 5.88 Å². The first-order valence-corrected chi connectivity index (χ1v) is 4.96. The summed E-state index contributed by atoms with van der Waals surface area (Å²) in [5, 5.41) is 3.92. The van der Waals surface area contributed by atoms with Crippen LogP contribution in [0.25, 0.3) is 11.3 Å². The minimum absolute atomic E-state index is 0.371. The second-order valence-electron chi connectivity index (χ2n) is 3.00. The van der Waals surface area contributed by atoms with Gasteiger partial charge in [-0.2, -0.15) is 0 Å². The Morgan fingerprint density at radius 1 is 1.36 bits per heavy atom. The lowest BCUT2D eigenvalue weighted by atomic mass is 10.1. The van der Waals surface area contributed by atoms with Gasteiger partial charge in [0.2, 0.25) is 5.88 Å². The fourth-order valence-corrected chi connectivity index (χ4v) is 1.73. The van der Waals surface area contributed by atoms with Crippen molar-refractivity contribution in [1.82, 2.24) is 5.16 Å². The first-order chi connectivity index (χ1) is 6.70. The van der Waals surface area contributed by atoms with E-state index in [1.54, 1.807) is 0 Å². The summed E-state index contributed by atoms with van der Waals surface area (Å²) in [4.78, 5) is 0. The molecular formula is C10H9BrN2O. The number of benzene rings is 1. The molecule has 1 aromatic heterocycles. The van der Waals surface area contributed by atoms with Crippen LogP contribution in [-0.2, 0) is 0 Å². The molecule has 3 nitrogen and oxygen atoms in total. The van der Waals surface area contributed by atoms with Crippen molar-refractivity contribution < 1.29 is 4.52 Å². The molecule has 72 valence electrons. The third-order valence-corrected chi connectivity index (χ3v) is 2.78. The Kier molecular flexibility index (Phi) is 2.29. The summed E-state index contributed by atoms with van der Waals surface area (Å²) in [6, 6.07) is 7.82. The van der Waals surface area contributed by atoms with Gasteiger partial charge in [0, 0.05) is 15.6 Å². The molecule has 0 aliphatic heterocycles. The molecule has 2 N–H and O–H groups in total. The number of halogens is 1. The maximum Gasteiger partial charge on any atom is 0.225 e. The van der Waals surface area contributed by atoms with E-state index in [0.717, 1.165) is 21.3 Å². The molecule has 0 fully saturated rings. The zero-order chi connectivity index (χ0) is 10.1. The Morgan fingerprint density at radius 3 is 2.64 bits per heavy atom. The SMILES string of the molecule is Cc1c(-c2ccccc2Br)noc1N. The van der Waals surface area contributed by atoms with Crippen molar-refractivity contribution in [3.8, 4) is 11.3 Å². The summed E-state index contributed by atoms with van der Waals surface area (Å²) >= 11 is 3.45. The average Bonchev–Trinajstić information content (AvgIpc) is 2.49. The smallest absolute Gasteiger partial charge is 0.225 e. The van der Waals surface area contributed by atoms with Crippen LogP contribution in [-0.4, -0.2) is 5.16 Å². The fraction of sp³-hybridized carbons (Fsp3) is 0.100. The summed E-state index contributed by atoms with van der Waals surface area (Å²) in [6.07, 6.45) is 0. The molecule has 0 radical (unpaired) electrons. The van der Waals surface area contributed by atoms with Crippen molar-refractivity contribution in [1.29, 1.82) is 0 Å². The van der Waals surface area contributed by atoms with Crippen LogP contribution in [0.2, 0.25) is 0 Å². The molecule has 1 aromatic carbocycles. The summed E-state index contributed by atoms with van der Waals surface area (Å²) in [6.45, 7) is 1.89. The van der Waals surface area contributed by atoms with Crippen molar-refractivity contribution in [2.75, 3.05) is 5.73 Å². The standard InChI is InChI=1S/C10H9BrN2O/c1-6-9(13-14-10(6)12)7-4-2-3-5-8(7)11/h2-5H,12H2,1H3. The second-order valence-corrected chi connectivity index (χ2v) is 3.85. The minimum Gasteiger partial charge on any atom is -0.367 e. The monoisotopic (exact) mass is 252 g/mol. The largest absolute Gasteiger partial charge is 0.367 e. The number of rotatable bonds is 1. The Labute approximate surface area is 90.0 Å². The molecule has 2 rings (SSSR count). The van der Waals surface area contributed by atoms with Crippen LogP contribution >= 0.6 is 15.9 Å². The van der Waals surface area contributed by atoms with Crippen LogP contribution in [0.1, 0.15) is 5.56 Å². The molecule has 1 heterocycles. The molecule has 0 saturated carbocycles. The zero-order valence-electron chi connectivity index (χ0n) is 7.62. The van der Waals surface area contributed by atoms with E-state index in [-0.39, 0.29) is 0 Å². The molecule has 0 amide bonds. The van der Waals surface area contributed by atoms with Gasteiger partial charge in [-0.25, -0.2) is 0 Å². The van der Waals surface area contributed by atoms with Crippen molar-refractivity contribution in [2.24, 2.45) is 0 Å². The van der Waals surface area contributed by atoms with Gasteiger partial charge in [0.15, 0.2) is 0 Å². The van der Waals surface area contributed by atoms with Gasteiger partial charge in [-0.15, -0.1) is 0 Å². The molecule has 0 spiro atoms. The van der Waals surface area contributed by atoms with Gasteiger partial charge < -0.3 is 10.3 Å². The third-order valence-electron chi connectivity index (χ3n) is 2.09. The Morgan fingerprint density at radius 2 is 2.07 bits per heavy atom. The molecular weight excluding hydrogens is 244 g/mol. The Hall–Kier alpha value is -1.29. The van der Waals surface area contributed by atoms with Crippen LogP contribution in [0, 0.1) is 6.92 Å². The minimum atomic E-state index is 0.371. The summed E-state index contributed by atoms with van der Waals surface area (Å²) in [5.74, 6) is 0.371. The van der Waals surface area contributed by atoms with Crippen molar-refractivity contribution in [3.05, 3.63) is 34.3 Å². The maximum absolute atomic E-state index is 5.58.